The third-order valence-electron chi connectivity index (χ3n) is 4.30. The van der Waals surface area contributed by atoms with Gasteiger partial charge >= 0.3 is 5.97 Å². The van der Waals surface area contributed by atoms with E-state index in [1.165, 1.54) is 26.2 Å². The fourth-order valence-electron chi connectivity index (χ4n) is 2.91. The summed E-state index contributed by atoms with van der Waals surface area (Å²) in [6.07, 6.45) is 0.324. The molecule has 1 saturated heterocycles. The van der Waals surface area contributed by atoms with Crippen LogP contribution in [0.3, 0.4) is 0 Å². The van der Waals surface area contributed by atoms with Gasteiger partial charge in [0.2, 0.25) is 5.91 Å². The lowest BCUT2D eigenvalue weighted by Gasteiger charge is -2.27. The second-order valence-electron chi connectivity index (χ2n) is 6.02. The van der Waals surface area contributed by atoms with Crippen molar-refractivity contribution in [2.24, 2.45) is 0 Å². The molecule has 1 aliphatic heterocycles. The van der Waals surface area contributed by atoms with E-state index < -0.39 is 21.8 Å². The van der Waals surface area contributed by atoms with E-state index in [1.807, 2.05) is 0 Å². The number of nitrogens with zero attached hydrogens (tertiary/aromatic N) is 1. The van der Waals surface area contributed by atoms with Gasteiger partial charge in [-0.3, -0.25) is 9.59 Å². The van der Waals surface area contributed by atoms with Crippen molar-refractivity contribution in [3.05, 3.63) is 23.8 Å². The molecule has 1 unspecified atom stereocenters. The highest BCUT2D eigenvalue weighted by molar-refractivity contribution is 7.91. The molecule has 26 heavy (non-hydrogen) atoms. The second kappa shape index (κ2) is 8.39. The van der Waals surface area contributed by atoms with Crippen LogP contribution in [0.1, 0.15) is 12.0 Å². The Morgan fingerprint density at radius 2 is 1.85 bits per heavy atom. The van der Waals surface area contributed by atoms with E-state index >= 15 is 0 Å². The number of rotatable bonds is 7. The van der Waals surface area contributed by atoms with E-state index in [2.05, 4.69) is 4.74 Å². The monoisotopic (exact) mass is 385 g/mol. The maximum Gasteiger partial charge on any atom is 0.325 e. The Morgan fingerprint density at radius 3 is 2.38 bits per heavy atom. The molecule has 1 heterocycles. The summed E-state index contributed by atoms with van der Waals surface area (Å²) < 4.78 is 38.5. The minimum Gasteiger partial charge on any atom is -0.493 e. The smallest absolute Gasteiger partial charge is 0.325 e. The van der Waals surface area contributed by atoms with Crippen LogP contribution in [0.15, 0.2) is 18.2 Å². The highest BCUT2D eigenvalue weighted by Crippen LogP contribution is 2.28. The van der Waals surface area contributed by atoms with Crippen LogP contribution in [0.4, 0.5) is 0 Å². The molecule has 144 valence electrons. The van der Waals surface area contributed by atoms with E-state index in [0.29, 0.717) is 23.5 Å². The number of benzene rings is 1. The van der Waals surface area contributed by atoms with Gasteiger partial charge in [-0.25, -0.2) is 8.42 Å². The predicted molar refractivity (Wildman–Crippen MR) is 94.0 cm³/mol. The summed E-state index contributed by atoms with van der Waals surface area (Å²) in [5, 5.41) is 0. The standard InChI is InChI=1S/C17H23NO7S/c1-23-14-5-4-12(8-15(14)24-2)9-16(19)18(10-17(20)25-3)13-6-7-26(21,22)11-13/h4-5,8,13H,6-7,9-11H2,1-3H3. The summed E-state index contributed by atoms with van der Waals surface area (Å²) in [7, 11) is 1.05. The molecular weight excluding hydrogens is 362 g/mol. The molecule has 0 saturated carbocycles. The summed E-state index contributed by atoms with van der Waals surface area (Å²) in [6.45, 7) is -0.275. The molecule has 2 rings (SSSR count). The zero-order valence-corrected chi connectivity index (χ0v) is 15.9. The number of sulfone groups is 1. The lowest BCUT2D eigenvalue weighted by Crippen LogP contribution is -2.45. The quantitative estimate of drug-likeness (QED) is 0.628. The Labute approximate surface area is 152 Å². The van der Waals surface area contributed by atoms with Crippen molar-refractivity contribution < 1.29 is 32.2 Å². The van der Waals surface area contributed by atoms with Crippen LogP contribution in [-0.2, 0) is 30.6 Å². The molecule has 9 heteroatoms. The van der Waals surface area contributed by atoms with Crippen molar-refractivity contribution in [3.63, 3.8) is 0 Å². The Kier molecular flexibility index (Phi) is 6.47. The number of ether oxygens (including phenoxy) is 3. The zero-order chi connectivity index (χ0) is 19.3. The van der Waals surface area contributed by atoms with Crippen LogP contribution in [0, 0.1) is 0 Å². The number of hydrogen-bond donors (Lipinski definition) is 0. The van der Waals surface area contributed by atoms with Gasteiger partial charge in [-0.05, 0) is 24.1 Å². The first-order valence-corrected chi connectivity index (χ1v) is 9.89. The van der Waals surface area contributed by atoms with E-state index in [4.69, 9.17) is 9.47 Å². The molecule has 0 bridgehead atoms. The van der Waals surface area contributed by atoms with Crippen molar-refractivity contribution >= 4 is 21.7 Å². The van der Waals surface area contributed by atoms with Gasteiger partial charge in [-0.15, -0.1) is 0 Å². The molecule has 1 aliphatic rings. The molecular formula is C17H23NO7S. The Morgan fingerprint density at radius 1 is 1.15 bits per heavy atom. The Hall–Kier alpha value is -2.29. The normalized spacial score (nSPS) is 18.2. The third-order valence-corrected chi connectivity index (χ3v) is 6.05. The van der Waals surface area contributed by atoms with Gasteiger partial charge in [0.15, 0.2) is 21.3 Å². The molecule has 1 atom stereocenters. The van der Waals surface area contributed by atoms with Crippen LogP contribution in [0.2, 0.25) is 0 Å². The van der Waals surface area contributed by atoms with Gasteiger partial charge in [0.05, 0.1) is 39.3 Å². The third kappa shape index (κ3) is 4.87. The lowest BCUT2D eigenvalue weighted by atomic mass is 10.1. The molecule has 0 N–H and O–H groups in total. The number of carbonyl (C=O) groups is 2. The summed E-state index contributed by atoms with van der Waals surface area (Å²) in [4.78, 5) is 25.7. The van der Waals surface area contributed by atoms with Crippen LogP contribution >= 0.6 is 0 Å². The van der Waals surface area contributed by atoms with Crippen molar-refractivity contribution in [2.45, 2.75) is 18.9 Å². The molecule has 1 aromatic rings. The van der Waals surface area contributed by atoms with Gasteiger partial charge in [-0.2, -0.15) is 0 Å². The molecule has 1 fully saturated rings. The summed E-state index contributed by atoms with van der Waals surface area (Å²) in [5.74, 6) is -0.0295. The molecule has 0 aromatic heterocycles. The van der Waals surface area contributed by atoms with E-state index in [-0.39, 0.29) is 30.4 Å². The highest BCUT2D eigenvalue weighted by atomic mass is 32.2. The van der Waals surface area contributed by atoms with Gasteiger partial charge < -0.3 is 19.1 Å². The average Bonchev–Trinajstić information content (AvgIpc) is 2.98. The van der Waals surface area contributed by atoms with Gasteiger partial charge in [0.25, 0.3) is 0 Å². The van der Waals surface area contributed by atoms with E-state index in [9.17, 15) is 18.0 Å². The maximum absolute atomic E-state index is 12.8. The number of esters is 1. The molecule has 0 radical (unpaired) electrons. The number of hydrogen-bond acceptors (Lipinski definition) is 7. The highest BCUT2D eigenvalue weighted by Gasteiger charge is 2.35. The maximum atomic E-state index is 12.8. The number of amides is 1. The topological polar surface area (TPSA) is 99.2 Å². The minimum absolute atomic E-state index is 0.00783. The van der Waals surface area contributed by atoms with Crippen molar-refractivity contribution in [3.8, 4) is 11.5 Å². The molecule has 0 aliphatic carbocycles. The first-order chi connectivity index (χ1) is 12.3. The summed E-state index contributed by atoms with van der Waals surface area (Å²) in [6, 6.07) is 4.57. The van der Waals surface area contributed by atoms with Crippen LogP contribution in [0.5, 0.6) is 11.5 Å². The van der Waals surface area contributed by atoms with E-state index in [1.54, 1.807) is 18.2 Å². The van der Waals surface area contributed by atoms with Crippen molar-refractivity contribution in [2.75, 3.05) is 39.4 Å². The van der Waals surface area contributed by atoms with Crippen LogP contribution < -0.4 is 9.47 Å². The Bertz CT molecular complexity index is 775. The van der Waals surface area contributed by atoms with Gasteiger partial charge in [0, 0.05) is 6.04 Å². The molecule has 0 spiro atoms. The summed E-state index contributed by atoms with van der Waals surface area (Å²) >= 11 is 0. The first kappa shape index (κ1) is 20.0. The lowest BCUT2D eigenvalue weighted by molar-refractivity contribution is -0.148. The zero-order valence-electron chi connectivity index (χ0n) is 15.1. The molecule has 1 aromatic carbocycles. The second-order valence-corrected chi connectivity index (χ2v) is 8.25. The SMILES string of the molecule is COC(=O)CN(C(=O)Cc1ccc(OC)c(OC)c1)C1CCS(=O)(=O)C1. The van der Waals surface area contributed by atoms with E-state index in [0.717, 1.165) is 0 Å². The number of methoxy groups -OCH3 is 3. The van der Waals surface area contributed by atoms with Crippen LogP contribution in [-0.4, -0.2) is 70.6 Å². The minimum atomic E-state index is -3.19. The fourth-order valence-corrected chi connectivity index (χ4v) is 4.64. The molecule has 8 nitrogen and oxygen atoms in total. The largest absolute Gasteiger partial charge is 0.493 e. The van der Waals surface area contributed by atoms with Gasteiger partial charge in [-0.1, -0.05) is 6.07 Å². The number of carbonyl (C=O) groups excluding carboxylic acids is 2. The Balaban J connectivity index is 2.19. The molecule has 1 amide bonds. The van der Waals surface area contributed by atoms with Crippen molar-refractivity contribution in [1.82, 2.24) is 4.90 Å². The van der Waals surface area contributed by atoms with Crippen LogP contribution in [0.25, 0.3) is 0 Å². The van der Waals surface area contributed by atoms with Gasteiger partial charge in [0.1, 0.15) is 6.54 Å². The average molecular weight is 385 g/mol. The fraction of sp³-hybridized carbons (Fsp3) is 0.529. The summed E-state index contributed by atoms with van der Waals surface area (Å²) in [5.41, 5.74) is 0.670. The predicted octanol–water partition coefficient (Wildman–Crippen LogP) is 0.435. The first-order valence-electron chi connectivity index (χ1n) is 8.07. The van der Waals surface area contributed by atoms with Crippen molar-refractivity contribution in [1.29, 1.82) is 0 Å².